The van der Waals surface area contributed by atoms with Gasteiger partial charge in [0.15, 0.2) is 8.32 Å². The molecule has 22 heavy (non-hydrogen) atoms. The summed E-state index contributed by atoms with van der Waals surface area (Å²) in [5.41, 5.74) is 0. The molecule has 0 amide bonds. The summed E-state index contributed by atoms with van der Waals surface area (Å²) in [5.74, 6) is 2.19. The standard InChI is InChI=1S/C17H36BO3Si/c1-7-8-12-18(19-15-16-20-18)13-10-9-11-14-21-22(5,6)17(2,3)4/h10,13H,7-9,11-12,14-16H2,1-6H3/q-1/b13-10+. The van der Waals surface area contributed by atoms with Crippen molar-refractivity contribution in [2.45, 2.75) is 77.8 Å². The molecule has 5 heteroatoms. The van der Waals surface area contributed by atoms with Crippen molar-refractivity contribution in [2.24, 2.45) is 0 Å². The predicted molar refractivity (Wildman–Crippen MR) is 98.9 cm³/mol. The average molecular weight is 327 g/mol. The Balaban J connectivity index is 2.31. The third kappa shape index (κ3) is 6.19. The highest BCUT2D eigenvalue weighted by Gasteiger charge is 2.36. The van der Waals surface area contributed by atoms with Crippen molar-refractivity contribution in [3.8, 4) is 0 Å². The third-order valence-corrected chi connectivity index (χ3v) is 9.60. The van der Waals surface area contributed by atoms with Crippen molar-refractivity contribution in [3.63, 3.8) is 0 Å². The van der Waals surface area contributed by atoms with Gasteiger partial charge in [-0.15, -0.1) is 12.4 Å². The Morgan fingerprint density at radius 2 is 1.77 bits per heavy atom. The summed E-state index contributed by atoms with van der Waals surface area (Å²) in [5, 5.41) is 0.293. The minimum atomic E-state index is -1.59. The van der Waals surface area contributed by atoms with Crippen LogP contribution in [-0.4, -0.2) is 34.7 Å². The van der Waals surface area contributed by atoms with Crippen LogP contribution in [0.15, 0.2) is 12.1 Å². The molecule has 0 bridgehead atoms. The molecule has 1 aliphatic rings. The largest absolute Gasteiger partial charge is 0.563 e. The first-order valence-electron chi connectivity index (χ1n) is 8.98. The van der Waals surface area contributed by atoms with Gasteiger partial charge in [0.1, 0.15) is 0 Å². The van der Waals surface area contributed by atoms with Gasteiger partial charge in [-0.25, -0.2) is 0 Å². The monoisotopic (exact) mass is 327 g/mol. The summed E-state index contributed by atoms with van der Waals surface area (Å²) in [6.07, 6.45) is 7.71. The molecule has 0 aromatic carbocycles. The van der Waals surface area contributed by atoms with Crippen molar-refractivity contribution in [3.05, 3.63) is 12.1 Å². The maximum Gasteiger partial charge on any atom is 0.262 e. The maximum absolute atomic E-state index is 6.20. The van der Waals surface area contributed by atoms with Gasteiger partial charge >= 0.3 is 0 Å². The Morgan fingerprint density at radius 1 is 1.14 bits per heavy atom. The van der Waals surface area contributed by atoms with Crippen molar-refractivity contribution in [1.82, 2.24) is 0 Å². The van der Waals surface area contributed by atoms with E-state index >= 15 is 0 Å². The van der Waals surface area contributed by atoms with Crippen LogP contribution in [0.2, 0.25) is 24.5 Å². The zero-order valence-corrected chi connectivity index (χ0v) is 16.6. The molecule has 0 unspecified atom stereocenters. The Hall–Kier alpha value is -0.0982. The van der Waals surface area contributed by atoms with Gasteiger partial charge < -0.3 is 13.7 Å². The summed E-state index contributed by atoms with van der Waals surface area (Å²) in [6, 6.07) is 0. The van der Waals surface area contributed by atoms with E-state index in [0.717, 1.165) is 39.0 Å². The Kier molecular flexibility index (Phi) is 7.86. The second kappa shape index (κ2) is 8.67. The van der Waals surface area contributed by atoms with Crippen LogP contribution in [0.3, 0.4) is 0 Å². The van der Waals surface area contributed by atoms with Crippen LogP contribution in [-0.2, 0) is 13.7 Å². The third-order valence-electron chi connectivity index (χ3n) is 5.06. The molecule has 0 aromatic rings. The molecule has 0 radical (unpaired) electrons. The predicted octanol–water partition coefficient (Wildman–Crippen LogP) is 5.17. The van der Waals surface area contributed by atoms with Gasteiger partial charge in [-0.05, 0) is 31.0 Å². The van der Waals surface area contributed by atoms with Crippen molar-refractivity contribution >= 4 is 14.9 Å². The van der Waals surface area contributed by atoms with E-state index in [1.807, 2.05) is 0 Å². The molecule has 3 nitrogen and oxygen atoms in total. The van der Waals surface area contributed by atoms with E-state index < -0.39 is 14.9 Å². The van der Waals surface area contributed by atoms with Gasteiger partial charge in [0, 0.05) is 19.8 Å². The van der Waals surface area contributed by atoms with Gasteiger partial charge in [-0.3, -0.25) is 0 Å². The minimum Gasteiger partial charge on any atom is -0.563 e. The number of allylic oxidation sites excluding steroid dienone is 1. The molecular weight excluding hydrogens is 291 g/mol. The first-order valence-corrected chi connectivity index (χ1v) is 11.9. The van der Waals surface area contributed by atoms with Crippen LogP contribution in [0, 0.1) is 0 Å². The topological polar surface area (TPSA) is 27.7 Å². The fraction of sp³-hybridized carbons (Fsp3) is 0.882. The van der Waals surface area contributed by atoms with E-state index in [9.17, 15) is 0 Å². The van der Waals surface area contributed by atoms with Gasteiger partial charge in [0.25, 0.3) is 6.55 Å². The maximum atomic E-state index is 6.20. The molecule has 1 saturated heterocycles. The Morgan fingerprint density at radius 3 is 2.32 bits per heavy atom. The minimum absolute atomic E-state index is 0.293. The summed E-state index contributed by atoms with van der Waals surface area (Å²) in [7, 11) is -1.59. The Bertz CT molecular complexity index is 344. The van der Waals surface area contributed by atoms with Crippen LogP contribution in [0.5, 0.6) is 0 Å². The van der Waals surface area contributed by atoms with Gasteiger partial charge in [0.05, 0.1) is 0 Å². The molecule has 1 rings (SSSR count). The lowest BCUT2D eigenvalue weighted by molar-refractivity contribution is 0.283. The average Bonchev–Trinajstić information content (AvgIpc) is 2.88. The van der Waals surface area contributed by atoms with Gasteiger partial charge in [-0.2, -0.15) is 5.98 Å². The molecule has 0 atom stereocenters. The molecular formula is C17H36BO3Si-. The number of hydrogen-bond acceptors (Lipinski definition) is 3. The summed E-state index contributed by atoms with van der Waals surface area (Å²) in [6.45, 7) is 14.9. The molecule has 0 aliphatic carbocycles. The van der Waals surface area contributed by atoms with E-state index in [1.54, 1.807) is 0 Å². The highest BCUT2D eigenvalue weighted by molar-refractivity contribution is 6.74. The second-order valence-corrected chi connectivity index (χ2v) is 12.8. The van der Waals surface area contributed by atoms with E-state index in [-0.39, 0.29) is 0 Å². The van der Waals surface area contributed by atoms with Crippen molar-refractivity contribution in [2.75, 3.05) is 19.8 Å². The van der Waals surface area contributed by atoms with E-state index in [0.29, 0.717) is 5.04 Å². The van der Waals surface area contributed by atoms with Crippen LogP contribution in [0.4, 0.5) is 0 Å². The quantitative estimate of drug-likeness (QED) is 0.432. The van der Waals surface area contributed by atoms with Gasteiger partial charge in [0.2, 0.25) is 0 Å². The summed E-state index contributed by atoms with van der Waals surface area (Å²) < 4.78 is 18.0. The van der Waals surface area contributed by atoms with Crippen LogP contribution in [0.1, 0.15) is 53.4 Å². The smallest absolute Gasteiger partial charge is 0.262 e. The Labute approximate surface area is 138 Å². The van der Waals surface area contributed by atoms with E-state index in [4.69, 9.17) is 13.7 Å². The molecule has 1 aliphatic heterocycles. The number of unbranched alkanes of at least 4 members (excludes halogenated alkanes) is 2. The fourth-order valence-electron chi connectivity index (χ4n) is 2.45. The highest BCUT2D eigenvalue weighted by Crippen LogP contribution is 2.36. The first-order chi connectivity index (χ1) is 10.2. The molecule has 0 aromatic heterocycles. The van der Waals surface area contributed by atoms with Crippen LogP contribution < -0.4 is 0 Å². The van der Waals surface area contributed by atoms with E-state index in [2.05, 4.69) is 52.8 Å². The number of rotatable bonds is 9. The molecule has 0 spiro atoms. The SMILES string of the molecule is CCCC[B-]1(/C=C/CCCO[Si](C)(C)C(C)(C)C)OCCO1. The van der Waals surface area contributed by atoms with Crippen LogP contribution in [0.25, 0.3) is 0 Å². The molecule has 0 N–H and O–H groups in total. The summed E-state index contributed by atoms with van der Waals surface area (Å²) >= 11 is 0. The zero-order valence-electron chi connectivity index (χ0n) is 15.6. The van der Waals surface area contributed by atoms with Gasteiger partial charge in [-0.1, -0.05) is 40.5 Å². The van der Waals surface area contributed by atoms with Crippen LogP contribution >= 0.6 is 0 Å². The first kappa shape index (κ1) is 19.9. The van der Waals surface area contributed by atoms with Crippen molar-refractivity contribution in [1.29, 1.82) is 0 Å². The lowest BCUT2D eigenvalue weighted by atomic mass is 9.53. The number of hydrogen-bond donors (Lipinski definition) is 0. The van der Waals surface area contributed by atoms with E-state index in [1.165, 1.54) is 12.8 Å². The van der Waals surface area contributed by atoms with Crippen molar-refractivity contribution < 1.29 is 13.7 Å². The fourth-order valence-corrected chi connectivity index (χ4v) is 3.54. The zero-order chi connectivity index (χ0) is 16.7. The molecule has 130 valence electrons. The lowest BCUT2D eigenvalue weighted by Crippen LogP contribution is -2.40. The second-order valence-electron chi connectivity index (χ2n) is 8.00. The summed E-state index contributed by atoms with van der Waals surface area (Å²) in [4.78, 5) is 0. The molecule has 1 heterocycles. The molecule has 0 saturated carbocycles. The normalized spacial score (nSPS) is 19.2. The highest BCUT2D eigenvalue weighted by atomic mass is 28.4. The lowest BCUT2D eigenvalue weighted by Gasteiger charge is -2.36. The molecule has 1 fully saturated rings.